The summed E-state index contributed by atoms with van der Waals surface area (Å²) in [6.45, 7) is 1.14. The van der Waals surface area contributed by atoms with Crippen LogP contribution >= 0.6 is 0 Å². The number of quaternary nitrogens is 1. The minimum Gasteiger partial charge on any atom is -0.411 e. The fourth-order valence-corrected chi connectivity index (χ4v) is 2.94. The van der Waals surface area contributed by atoms with Crippen molar-refractivity contribution >= 4 is 5.71 Å². The van der Waals surface area contributed by atoms with E-state index < -0.39 is 0 Å². The molecule has 1 aliphatic heterocycles. The summed E-state index contributed by atoms with van der Waals surface area (Å²) < 4.78 is 0. The first-order valence-electron chi connectivity index (χ1n) is 5.36. The molecule has 74 valence electrons. The van der Waals surface area contributed by atoms with Crippen molar-refractivity contribution in [3.05, 3.63) is 0 Å². The number of nitrogens with zero attached hydrogens (tertiary/aromatic N) is 1. The lowest BCUT2D eigenvalue weighted by Gasteiger charge is -2.39. The smallest absolute Gasteiger partial charge is 0.0955 e. The molecule has 3 nitrogen and oxygen atoms in total. The van der Waals surface area contributed by atoms with Crippen LogP contribution in [0.5, 0.6) is 0 Å². The van der Waals surface area contributed by atoms with E-state index in [-0.39, 0.29) is 0 Å². The third-order valence-corrected chi connectivity index (χ3v) is 3.73. The maximum atomic E-state index is 8.89. The molecule has 0 bridgehead atoms. The second kappa shape index (κ2) is 3.66. The van der Waals surface area contributed by atoms with E-state index in [4.69, 9.17) is 5.21 Å². The number of likely N-dealkylation sites (tertiary alicyclic amines) is 1. The van der Waals surface area contributed by atoms with Crippen LogP contribution in [0.2, 0.25) is 0 Å². The summed E-state index contributed by atoms with van der Waals surface area (Å²) in [7, 11) is 2.27. The SMILES string of the molecule is C[NH+]1CC/C(=N/O)[C@H]2CCCC[C@@H]21. The molecule has 2 rings (SSSR count). The van der Waals surface area contributed by atoms with E-state index in [1.54, 1.807) is 4.90 Å². The largest absolute Gasteiger partial charge is 0.411 e. The Labute approximate surface area is 79.4 Å². The van der Waals surface area contributed by atoms with Crippen LogP contribution < -0.4 is 4.90 Å². The van der Waals surface area contributed by atoms with E-state index in [1.807, 2.05) is 0 Å². The average Bonchev–Trinajstić information content (AvgIpc) is 2.19. The molecule has 1 heterocycles. The first kappa shape index (κ1) is 9.00. The average molecular weight is 183 g/mol. The van der Waals surface area contributed by atoms with E-state index in [2.05, 4.69) is 12.2 Å². The molecule has 2 N–H and O–H groups in total. The van der Waals surface area contributed by atoms with Gasteiger partial charge in [0.15, 0.2) is 0 Å². The lowest BCUT2D eigenvalue weighted by atomic mass is 9.77. The van der Waals surface area contributed by atoms with Gasteiger partial charge >= 0.3 is 0 Å². The minimum atomic E-state index is 0.576. The van der Waals surface area contributed by atoms with Crippen molar-refractivity contribution in [1.82, 2.24) is 0 Å². The number of nitrogens with one attached hydrogen (secondary N) is 1. The Kier molecular flexibility index (Phi) is 2.54. The van der Waals surface area contributed by atoms with Crippen LogP contribution in [0, 0.1) is 5.92 Å². The predicted molar refractivity (Wildman–Crippen MR) is 51.3 cm³/mol. The van der Waals surface area contributed by atoms with Crippen molar-refractivity contribution in [3.8, 4) is 0 Å². The van der Waals surface area contributed by atoms with Crippen LogP contribution in [-0.4, -0.2) is 30.6 Å². The first-order chi connectivity index (χ1) is 6.33. The molecule has 1 aliphatic carbocycles. The number of rotatable bonds is 0. The molecule has 0 aromatic rings. The molecule has 2 aliphatic rings. The highest BCUT2D eigenvalue weighted by Gasteiger charge is 2.38. The van der Waals surface area contributed by atoms with Gasteiger partial charge in [0.2, 0.25) is 0 Å². The number of fused-ring (bicyclic) bond motifs is 1. The summed E-state index contributed by atoms with van der Waals surface area (Å²) in [5.41, 5.74) is 1.07. The van der Waals surface area contributed by atoms with Crippen LogP contribution in [0.25, 0.3) is 0 Å². The normalized spacial score (nSPS) is 43.2. The molecule has 0 amide bonds. The van der Waals surface area contributed by atoms with Gasteiger partial charge in [0, 0.05) is 12.8 Å². The summed E-state index contributed by atoms with van der Waals surface area (Å²) in [6.07, 6.45) is 6.21. The summed E-state index contributed by atoms with van der Waals surface area (Å²) >= 11 is 0. The fraction of sp³-hybridized carbons (Fsp3) is 0.900. The molecule has 1 saturated carbocycles. The summed E-state index contributed by atoms with van der Waals surface area (Å²) in [5.74, 6) is 0.576. The van der Waals surface area contributed by atoms with Crippen molar-refractivity contribution in [1.29, 1.82) is 0 Å². The highest BCUT2D eigenvalue weighted by atomic mass is 16.4. The Morgan fingerprint density at radius 1 is 1.38 bits per heavy atom. The number of oxime groups is 1. The molecule has 3 atom stereocenters. The second-order valence-electron chi connectivity index (χ2n) is 4.44. The Bertz CT molecular complexity index is 215. The van der Waals surface area contributed by atoms with E-state index >= 15 is 0 Å². The lowest BCUT2D eigenvalue weighted by Crippen LogP contribution is -3.15. The van der Waals surface area contributed by atoms with E-state index in [0.717, 1.165) is 24.7 Å². The topological polar surface area (TPSA) is 37.0 Å². The zero-order valence-corrected chi connectivity index (χ0v) is 8.29. The minimum absolute atomic E-state index is 0.576. The van der Waals surface area contributed by atoms with Crippen molar-refractivity contribution in [2.24, 2.45) is 11.1 Å². The fourth-order valence-electron chi connectivity index (χ4n) is 2.94. The first-order valence-corrected chi connectivity index (χ1v) is 5.36. The van der Waals surface area contributed by atoms with E-state index in [9.17, 15) is 0 Å². The molecule has 1 saturated heterocycles. The third-order valence-electron chi connectivity index (χ3n) is 3.73. The molecule has 3 heteroatoms. The standard InChI is InChI=1S/C10H18N2O/c1-12-7-6-9(11-13)8-4-2-3-5-10(8)12/h8,10,13H,2-7H2,1H3/p+1/b11-9-/t8-,10+/m1/s1. The quantitative estimate of drug-likeness (QED) is 0.411. The lowest BCUT2D eigenvalue weighted by molar-refractivity contribution is -0.912. The van der Waals surface area contributed by atoms with Crippen molar-refractivity contribution in [3.63, 3.8) is 0 Å². The van der Waals surface area contributed by atoms with Gasteiger partial charge in [-0.05, 0) is 12.8 Å². The highest BCUT2D eigenvalue weighted by Crippen LogP contribution is 2.26. The molecule has 0 aromatic carbocycles. The van der Waals surface area contributed by atoms with Crippen LogP contribution in [0.3, 0.4) is 0 Å². The maximum absolute atomic E-state index is 8.89. The van der Waals surface area contributed by atoms with Gasteiger partial charge in [0.25, 0.3) is 0 Å². The van der Waals surface area contributed by atoms with E-state index in [1.165, 1.54) is 25.7 Å². The molecule has 0 spiro atoms. The van der Waals surface area contributed by atoms with Crippen molar-refractivity contribution in [2.75, 3.05) is 13.6 Å². The highest BCUT2D eigenvalue weighted by molar-refractivity contribution is 5.87. The Morgan fingerprint density at radius 3 is 2.92 bits per heavy atom. The number of hydrogen-bond acceptors (Lipinski definition) is 2. The zero-order chi connectivity index (χ0) is 9.26. The van der Waals surface area contributed by atoms with Gasteiger partial charge in [-0.1, -0.05) is 11.6 Å². The summed E-state index contributed by atoms with van der Waals surface area (Å²) in [5, 5.41) is 12.4. The van der Waals surface area contributed by atoms with Gasteiger partial charge in [-0.25, -0.2) is 0 Å². The number of hydrogen-bond donors (Lipinski definition) is 2. The van der Waals surface area contributed by atoms with Gasteiger partial charge in [-0.15, -0.1) is 0 Å². The summed E-state index contributed by atoms with van der Waals surface area (Å²) in [6, 6.07) is 0.730. The number of piperidine rings is 1. The van der Waals surface area contributed by atoms with Gasteiger partial charge in [0.05, 0.1) is 31.3 Å². The molecule has 1 unspecified atom stereocenters. The molecule has 2 fully saturated rings. The van der Waals surface area contributed by atoms with Gasteiger partial charge in [-0.3, -0.25) is 0 Å². The van der Waals surface area contributed by atoms with Crippen LogP contribution in [0.15, 0.2) is 5.16 Å². The predicted octanol–water partition coefficient (Wildman–Crippen LogP) is 0.294. The Balaban J connectivity index is 2.14. The molecule has 13 heavy (non-hydrogen) atoms. The van der Waals surface area contributed by atoms with Crippen molar-refractivity contribution < 1.29 is 10.1 Å². The molecular weight excluding hydrogens is 164 g/mol. The summed E-state index contributed by atoms with van der Waals surface area (Å²) in [4.78, 5) is 1.64. The van der Waals surface area contributed by atoms with E-state index in [0.29, 0.717) is 5.92 Å². The van der Waals surface area contributed by atoms with Crippen LogP contribution in [0.4, 0.5) is 0 Å². The monoisotopic (exact) mass is 183 g/mol. The van der Waals surface area contributed by atoms with Gasteiger partial charge in [-0.2, -0.15) is 0 Å². The maximum Gasteiger partial charge on any atom is 0.0955 e. The molecule has 0 aromatic heterocycles. The van der Waals surface area contributed by atoms with Crippen LogP contribution in [-0.2, 0) is 0 Å². The second-order valence-corrected chi connectivity index (χ2v) is 4.44. The van der Waals surface area contributed by atoms with Gasteiger partial charge in [0.1, 0.15) is 0 Å². The molecule has 0 radical (unpaired) electrons. The molecular formula is C10H19N2O+. The van der Waals surface area contributed by atoms with Crippen LogP contribution in [0.1, 0.15) is 32.1 Å². The van der Waals surface area contributed by atoms with Crippen molar-refractivity contribution in [2.45, 2.75) is 38.1 Å². The zero-order valence-electron chi connectivity index (χ0n) is 8.29. The third kappa shape index (κ3) is 1.57. The Morgan fingerprint density at radius 2 is 2.15 bits per heavy atom. The Hall–Kier alpha value is -0.570. The van der Waals surface area contributed by atoms with Gasteiger partial charge < -0.3 is 10.1 Å².